The highest BCUT2D eigenvalue weighted by Gasteiger charge is 2.02. The summed E-state index contributed by atoms with van der Waals surface area (Å²) in [6.45, 7) is 3.75. The third-order valence-corrected chi connectivity index (χ3v) is 2.79. The summed E-state index contributed by atoms with van der Waals surface area (Å²) in [5, 5.41) is 4.65. The van der Waals surface area contributed by atoms with Crippen LogP contribution in [0.25, 0.3) is 10.9 Å². The molecule has 0 aliphatic carbocycles. The minimum absolute atomic E-state index is 0.762. The molecule has 0 unspecified atom stereocenters. The number of fused-ring (bicyclic) bond motifs is 1. The number of hydrogen-bond acceptors (Lipinski definition) is 3. The average molecular weight is 229 g/mol. The lowest BCUT2D eigenvalue weighted by Gasteiger charge is -2.10. The van der Waals surface area contributed by atoms with Gasteiger partial charge in [0, 0.05) is 23.3 Å². The number of aryl methyl sites for hydroxylation is 1. The van der Waals surface area contributed by atoms with Crippen LogP contribution in [-0.2, 0) is 0 Å². The summed E-state index contributed by atoms with van der Waals surface area (Å²) in [5.41, 5.74) is 8.75. The number of nitrogens with one attached hydrogen (secondary N) is 1. The van der Waals surface area contributed by atoms with Crippen LogP contribution < -0.4 is 11.1 Å². The molecule has 0 atom stereocenters. The van der Waals surface area contributed by atoms with Crippen molar-refractivity contribution in [1.82, 2.24) is 4.98 Å². The summed E-state index contributed by atoms with van der Waals surface area (Å²) < 4.78 is 0. The lowest BCUT2D eigenvalue weighted by atomic mass is 10.1. The van der Waals surface area contributed by atoms with Crippen molar-refractivity contribution in [3.63, 3.8) is 0 Å². The molecule has 3 nitrogen and oxygen atoms in total. The Balaban J connectivity index is 2.20. The molecular weight excluding hydrogens is 210 g/mol. The number of aromatic nitrogens is 1. The van der Waals surface area contributed by atoms with Crippen molar-refractivity contribution in [2.24, 2.45) is 5.73 Å². The number of unbranched alkanes of at least 4 members (excludes halogenated alkanes) is 1. The van der Waals surface area contributed by atoms with Crippen molar-refractivity contribution in [1.29, 1.82) is 0 Å². The van der Waals surface area contributed by atoms with Crippen LogP contribution in [0, 0.1) is 6.92 Å². The highest BCUT2D eigenvalue weighted by molar-refractivity contribution is 5.91. The standard InChI is InChI=1S/C14H19N3/c1-11-10-14(16-9-5-4-8-15)12-6-2-3-7-13(12)17-11/h2-3,6-7,10H,4-5,8-9,15H2,1H3,(H,16,17). The molecule has 0 aliphatic heterocycles. The van der Waals surface area contributed by atoms with E-state index in [0.717, 1.165) is 37.1 Å². The first-order valence-corrected chi connectivity index (χ1v) is 6.11. The second-order valence-corrected chi connectivity index (χ2v) is 4.25. The zero-order valence-electron chi connectivity index (χ0n) is 10.2. The number of benzene rings is 1. The van der Waals surface area contributed by atoms with E-state index < -0.39 is 0 Å². The van der Waals surface area contributed by atoms with Gasteiger partial charge in [-0.25, -0.2) is 0 Å². The number of nitrogens with two attached hydrogens (primary N) is 1. The third kappa shape index (κ3) is 2.94. The van der Waals surface area contributed by atoms with E-state index in [-0.39, 0.29) is 0 Å². The highest BCUT2D eigenvalue weighted by atomic mass is 14.9. The highest BCUT2D eigenvalue weighted by Crippen LogP contribution is 2.22. The number of rotatable bonds is 5. The Bertz CT molecular complexity index is 494. The van der Waals surface area contributed by atoms with Gasteiger partial charge in [-0.1, -0.05) is 18.2 Å². The van der Waals surface area contributed by atoms with Crippen molar-refractivity contribution in [3.8, 4) is 0 Å². The molecule has 1 heterocycles. The Labute approximate surface area is 102 Å². The fourth-order valence-corrected chi connectivity index (χ4v) is 1.95. The van der Waals surface area contributed by atoms with Gasteiger partial charge in [0.15, 0.2) is 0 Å². The quantitative estimate of drug-likeness (QED) is 0.775. The van der Waals surface area contributed by atoms with E-state index in [1.165, 1.54) is 11.1 Å². The van der Waals surface area contributed by atoms with Crippen LogP contribution in [0.15, 0.2) is 30.3 Å². The lowest BCUT2D eigenvalue weighted by molar-refractivity contribution is 0.774. The molecule has 90 valence electrons. The van der Waals surface area contributed by atoms with Gasteiger partial charge in [-0.3, -0.25) is 4.98 Å². The maximum Gasteiger partial charge on any atom is 0.0725 e. The Hall–Kier alpha value is -1.61. The molecule has 17 heavy (non-hydrogen) atoms. The fraction of sp³-hybridized carbons (Fsp3) is 0.357. The van der Waals surface area contributed by atoms with Crippen LogP contribution >= 0.6 is 0 Å². The van der Waals surface area contributed by atoms with Gasteiger partial charge in [0.2, 0.25) is 0 Å². The largest absolute Gasteiger partial charge is 0.384 e. The Morgan fingerprint density at radius 3 is 2.88 bits per heavy atom. The number of pyridine rings is 1. The third-order valence-electron chi connectivity index (χ3n) is 2.79. The molecule has 0 saturated heterocycles. The maximum absolute atomic E-state index is 5.48. The monoisotopic (exact) mass is 229 g/mol. The molecule has 0 fully saturated rings. The second-order valence-electron chi connectivity index (χ2n) is 4.25. The number of anilines is 1. The summed E-state index contributed by atoms with van der Waals surface area (Å²) >= 11 is 0. The van der Waals surface area contributed by atoms with Gasteiger partial charge in [-0.15, -0.1) is 0 Å². The van der Waals surface area contributed by atoms with Crippen LogP contribution in [0.1, 0.15) is 18.5 Å². The molecule has 0 bridgehead atoms. The Morgan fingerprint density at radius 2 is 2.06 bits per heavy atom. The summed E-state index contributed by atoms with van der Waals surface area (Å²) in [6, 6.07) is 10.3. The first-order chi connectivity index (χ1) is 8.31. The number of nitrogens with zero attached hydrogens (tertiary/aromatic N) is 1. The SMILES string of the molecule is Cc1cc(NCCCCN)c2ccccc2n1. The zero-order chi connectivity index (χ0) is 12.1. The number of hydrogen-bond donors (Lipinski definition) is 2. The second kappa shape index (κ2) is 5.64. The minimum atomic E-state index is 0.762. The van der Waals surface area contributed by atoms with Gasteiger partial charge in [0.1, 0.15) is 0 Å². The molecule has 1 aromatic carbocycles. The summed E-state index contributed by atoms with van der Waals surface area (Å²) in [6.07, 6.45) is 2.17. The molecule has 0 amide bonds. The topological polar surface area (TPSA) is 50.9 Å². The molecule has 2 rings (SSSR count). The summed E-state index contributed by atoms with van der Waals surface area (Å²) in [4.78, 5) is 4.52. The van der Waals surface area contributed by atoms with Gasteiger partial charge in [0.25, 0.3) is 0 Å². The van der Waals surface area contributed by atoms with Crippen molar-refractivity contribution in [3.05, 3.63) is 36.0 Å². The van der Waals surface area contributed by atoms with Crippen LogP contribution in [-0.4, -0.2) is 18.1 Å². The summed E-state index contributed by atoms with van der Waals surface area (Å²) in [7, 11) is 0. The van der Waals surface area contributed by atoms with Crippen molar-refractivity contribution in [2.45, 2.75) is 19.8 Å². The molecule has 2 aromatic rings. The molecule has 3 heteroatoms. The lowest BCUT2D eigenvalue weighted by Crippen LogP contribution is -2.06. The van der Waals surface area contributed by atoms with E-state index in [9.17, 15) is 0 Å². The Morgan fingerprint density at radius 1 is 1.24 bits per heavy atom. The van der Waals surface area contributed by atoms with Gasteiger partial charge in [-0.05, 0) is 38.4 Å². The van der Waals surface area contributed by atoms with Crippen LogP contribution in [0.2, 0.25) is 0 Å². The van der Waals surface area contributed by atoms with Gasteiger partial charge in [-0.2, -0.15) is 0 Å². The van der Waals surface area contributed by atoms with Crippen LogP contribution in [0.3, 0.4) is 0 Å². The first kappa shape index (κ1) is 11.9. The minimum Gasteiger partial charge on any atom is -0.384 e. The van der Waals surface area contributed by atoms with E-state index >= 15 is 0 Å². The molecule has 3 N–H and O–H groups in total. The van der Waals surface area contributed by atoms with E-state index in [4.69, 9.17) is 5.73 Å². The van der Waals surface area contributed by atoms with Crippen molar-refractivity contribution in [2.75, 3.05) is 18.4 Å². The van der Waals surface area contributed by atoms with Gasteiger partial charge in [0.05, 0.1) is 5.52 Å². The normalized spacial score (nSPS) is 10.7. The Kier molecular flexibility index (Phi) is 3.94. The first-order valence-electron chi connectivity index (χ1n) is 6.11. The fourth-order valence-electron chi connectivity index (χ4n) is 1.95. The van der Waals surface area contributed by atoms with Gasteiger partial charge >= 0.3 is 0 Å². The van der Waals surface area contributed by atoms with Gasteiger partial charge < -0.3 is 11.1 Å². The molecule has 1 aromatic heterocycles. The molecule has 0 aliphatic rings. The van der Waals surface area contributed by atoms with E-state index in [2.05, 4.69) is 22.4 Å². The number of para-hydroxylation sites is 1. The smallest absolute Gasteiger partial charge is 0.0725 e. The zero-order valence-corrected chi connectivity index (χ0v) is 10.2. The average Bonchev–Trinajstić information content (AvgIpc) is 2.34. The van der Waals surface area contributed by atoms with E-state index in [1.54, 1.807) is 0 Å². The molecule has 0 saturated carbocycles. The van der Waals surface area contributed by atoms with Crippen molar-refractivity contribution < 1.29 is 0 Å². The summed E-state index contributed by atoms with van der Waals surface area (Å²) in [5.74, 6) is 0. The molecule has 0 spiro atoms. The van der Waals surface area contributed by atoms with Crippen LogP contribution in [0.5, 0.6) is 0 Å². The van der Waals surface area contributed by atoms with Crippen molar-refractivity contribution >= 4 is 16.6 Å². The predicted molar refractivity (Wildman–Crippen MR) is 73.3 cm³/mol. The van der Waals surface area contributed by atoms with E-state index in [1.807, 2.05) is 25.1 Å². The predicted octanol–water partition coefficient (Wildman–Crippen LogP) is 2.69. The van der Waals surface area contributed by atoms with Crippen LogP contribution in [0.4, 0.5) is 5.69 Å². The maximum atomic E-state index is 5.48. The molecular formula is C14H19N3. The molecule has 0 radical (unpaired) electrons. The van der Waals surface area contributed by atoms with E-state index in [0.29, 0.717) is 0 Å².